The number of ether oxygens (including phenoxy) is 2. The van der Waals surface area contributed by atoms with Gasteiger partial charge in [-0.15, -0.1) is 0 Å². The minimum absolute atomic E-state index is 0.134. The minimum Gasteiger partial charge on any atom is -0.458 e. The number of nitrogens with zero attached hydrogens (tertiary/aromatic N) is 1. The van der Waals surface area contributed by atoms with E-state index in [1.165, 1.54) is 4.90 Å². The van der Waals surface area contributed by atoms with E-state index in [2.05, 4.69) is 0 Å². The minimum atomic E-state index is -1.18. The van der Waals surface area contributed by atoms with Crippen LogP contribution in [0.5, 0.6) is 0 Å². The van der Waals surface area contributed by atoms with Gasteiger partial charge in [-0.2, -0.15) is 0 Å². The molecule has 2 aliphatic rings. The topological polar surface area (TPSA) is 72.9 Å². The Morgan fingerprint density at radius 3 is 2.09 bits per heavy atom. The van der Waals surface area contributed by atoms with Crippen molar-refractivity contribution >= 4 is 17.8 Å². The van der Waals surface area contributed by atoms with Crippen molar-refractivity contribution in [3.8, 4) is 0 Å². The van der Waals surface area contributed by atoms with Gasteiger partial charge in [0.25, 0.3) is 0 Å². The van der Waals surface area contributed by atoms with Gasteiger partial charge in [-0.25, -0.2) is 9.59 Å². The average Bonchev–Trinajstić information content (AvgIpc) is 2.74. The van der Waals surface area contributed by atoms with Crippen molar-refractivity contribution in [3.05, 3.63) is 0 Å². The second-order valence-electron chi connectivity index (χ2n) is 8.39. The molecule has 130 valence electrons. The van der Waals surface area contributed by atoms with Crippen LogP contribution < -0.4 is 0 Å². The van der Waals surface area contributed by atoms with Crippen molar-refractivity contribution in [1.82, 2.24) is 4.90 Å². The highest BCUT2D eigenvalue weighted by atomic mass is 16.6. The lowest BCUT2D eigenvalue weighted by Crippen LogP contribution is -2.59. The van der Waals surface area contributed by atoms with E-state index in [9.17, 15) is 14.4 Å². The molecule has 1 aliphatic heterocycles. The molecule has 1 aliphatic carbocycles. The summed E-state index contributed by atoms with van der Waals surface area (Å²) < 4.78 is 10.8. The third-order valence-electron chi connectivity index (χ3n) is 3.98. The predicted octanol–water partition coefficient (Wildman–Crippen LogP) is 2.69. The standard InChI is InChI=1S/C17H27NO5/c1-16(2,3)22-14(20)12-13(19)10-7-8-11(9-10)18(12)15(21)23-17(4,5)6/h10-12H,7-9H2,1-6H3. The van der Waals surface area contributed by atoms with Crippen LogP contribution in [-0.4, -0.2) is 46.0 Å². The molecule has 0 aromatic carbocycles. The monoisotopic (exact) mass is 325 g/mol. The highest BCUT2D eigenvalue weighted by Gasteiger charge is 2.53. The maximum atomic E-state index is 12.6. The maximum absolute atomic E-state index is 12.6. The lowest BCUT2D eigenvalue weighted by molar-refractivity contribution is -0.166. The first-order valence-corrected chi connectivity index (χ1v) is 8.17. The van der Waals surface area contributed by atoms with Crippen molar-refractivity contribution in [2.75, 3.05) is 0 Å². The zero-order valence-electron chi connectivity index (χ0n) is 14.8. The second-order valence-corrected chi connectivity index (χ2v) is 8.39. The molecule has 1 heterocycles. The Bertz CT molecular complexity index is 514. The van der Waals surface area contributed by atoms with Gasteiger partial charge < -0.3 is 9.47 Å². The lowest BCUT2D eigenvalue weighted by Gasteiger charge is -2.39. The van der Waals surface area contributed by atoms with Crippen LogP contribution in [-0.2, 0) is 19.1 Å². The van der Waals surface area contributed by atoms with Crippen LogP contribution in [0.3, 0.4) is 0 Å². The normalized spacial score (nSPS) is 27.8. The second kappa shape index (κ2) is 5.80. The van der Waals surface area contributed by atoms with E-state index in [0.29, 0.717) is 12.8 Å². The molecule has 3 unspecified atom stereocenters. The van der Waals surface area contributed by atoms with Gasteiger partial charge in [0.1, 0.15) is 11.2 Å². The quantitative estimate of drug-likeness (QED) is 0.547. The van der Waals surface area contributed by atoms with E-state index < -0.39 is 29.3 Å². The molecule has 2 fully saturated rings. The molecule has 0 N–H and O–H groups in total. The first-order chi connectivity index (χ1) is 10.4. The molecular formula is C17H27NO5. The smallest absolute Gasteiger partial charge is 0.411 e. The third kappa shape index (κ3) is 4.03. The average molecular weight is 325 g/mol. The van der Waals surface area contributed by atoms with Crippen molar-refractivity contribution in [2.45, 2.75) is 84.1 Å². The van der Waals surface area contributed by atoms with E-state index in [-0.39, 0.29) is 17.7 Å². The van der Waals surface area contributed by atoms with E-state index in [0.717, 1.165) is 6.42 Å². The number of hydrogen-bond acceptors (Lipinski definition) is 5. The van der Waals surface area contributed by atoms with Crippen LogP contribution in [0, 0.1) is 5.92 Å². The molecule has 0 aromatic rings. The van der Waals surface area contributed by atoms with Gasteiger partial charge >= 0.3 is 12.1 Å². The molecule has 1 amide bonds. The largest absolute Gasteiger partial charge is 0.458 e. The summed E-state index contributed by atoms with van der Waals surface area (Å²) in [4.78, 5) is 39.1. The Morgan fingerprint density at radius 1 is 1.00 bits per heavy atom. The molecule has 6 nitrogen and oxygen atoms in total. The van der Waals surface area contributed by atoms with Gasteiger partial charge in [-0.05, 0) is 60.8 Å². The Balaban J connectivity index is 2.28. The van der Waals surface area contributed by atoms with Crippen LogP contribution in [0.15, 0.2) is 0 Å². The van der Waals surface area contributed by atoms with Crippen LogP contribution >= 0.6 is 0 Å². The maximum Gasteiger partial charge on any atom is 0.411 e. The zero-order valence-corrected chi connectivity index (χ0v) is 14.8. The number of piperidine rings is 1. The first-order valence-electron chi connectivity index (χ1n) is 8.17. The first kappa shape index (κ1) is 17.8. The van der Waals surface area contributed by atoms with Crippen LogP contribution in [0.4, 0.5) is 4.79 Å². The van der Waals surface area contributed by atoms with Gasteiger partial charge in [-0.3, -0.25) is 9.69 Å². The number of ketones is 1. The third-order valence-corrected chi connectivity index (χ3v) is 3.98. The highest BCUT2D eigenvalue weighted by Crippen LogP contribution is 2.39. The fourth-order valence-corrected chi connectivity index (χ4v) is 3.20. The Hall–Kier alpha value is -1.59. The number of likely N-dealkylation sites (tertiary alicyclic amines) is 1. The summed E-state index contributed by atoms with van der Waals surface area (Å²) in [5, 5.41) is 0. The summed E-state index contributed by atoms with van der Waals surface area (Å²) in [7, 11) is 0. The number of carbonyl (C=O) groups excluding carboxylic acids is 3. The molecule has 0 aromatic heterocycles. The molecule has 1 saturated heterocycles. The summed E-state index contributed by atoms with van der Waals surface area (Å²) in [5.41, 5.74) is -1.40. The Kier molecular flexibility index (Phi) is 4.48. The van der Waals surface area contributed by atoms with Crippen LogP contribution in [0.1, 0.15) is 60.8 Å². The van der Waals surface area contributed by atoms with Gasteiger partial charge in [-0.1, -0.05) is 0 Å². The highest BCUT2D eigenvalue weighted by molar-refractivity contribution is 6.07. The number of hydrogen-bond donors (Lipinski definition) is 0. The van der Waals surface area contributed by atoms with E-state index in [1.54, 1.807) is 41.5 Å². The molecule has 1 saturated carbocycles. The van der Waals surface area contributed by atoms with Crippen LogP contribution in [0.25, 0.3) is 0 Å². The van der Waals surface area contributed by atoms with Gasteiger partial charge in [0.05, 0.1) is 0 Å². The molecule has 0 spiro atoms. The molecule has 6 heteroatoms. The fraction of sp³-hybridized carbons (Fsp3) is 0.824. The van der Waals surface area contributed by atoms with E-state index in [4.69, 9.17) is 9.47 Å². The van der Waals surface area contributed by atoms with Gasteiger partial charge in [0.2, 0.25) is 0 Å². The predicted molar refractivity (Wildman–Crippen MR) is 83.8 cm³/mol. The summed E-state index contributed by atoms with van der Waals surface area (Å²) in [6, 6.07) is -1.32. The lowest BCUT2D eigenvalue weighted by atomic mass is 9.91. The van der Waals surface area contributed by atoms with Crippen LogP contribution in [0.2, 0.25) is 0 Å². The number of amides is 1. The van der Waals surface area contributed by atoms with Gasteiger partial charge in [0, 0.05) is 12.0 Å². The van der Waals surface area contributed by atoms with E-state index >= 15 is 0 Å². The number of fused-ring (bicyclic) bond motifs is 2. The van der Waals surface area contributed by atoms with Crippen molar-refractivity contribution in [1.29, 1.82) is 0 Å². The Labute approximate surface area is 137 Å². The van der Waals surface area contributed by atoms with Crippen molar-refractivity contribution in [2.24, 2.45) is 5.92 Å². The van der Waals surface area contributed by atoms with Crippen molar-refractivity contribution in [3.63, 3.8) is 0 Å². The summed E-state index contributed by atoms with van der Waals surface area (Å²) in [6.45, 7) is 10.5. The Morgan fingerprint density at radius 2 is 1.57 bits per heavy atom. The molecule has 0 radical (unpaired) electrons. The number of rotatable bonds is 1. The molecular weight excluding hydrogens is 298 g/mol. The molecule has 2 bridgehead atoms. The number of carbonyl (C=O) groups is 3. The molecule has 3 atom stereocenters. The summed E-state index contributed by atoms with van der Waals surface area (Å²) >= 11 is 0. The number of Topliss-reactive ketones (excluding diaryl/α,β-unsaturated/α-hetero) is 1. The zero-order chi connectivity index (χ0) is 17.6. The summed E-state index contributed by atoms with van der Waals surface area (Å²) in [5.74, 6) is -1.04. The number of esters is 1. The molecule has 23 heavy (non-hydrogen) atoms. The van der Waals surface area contributed by atoms with E-state index in [1.807, 2.05) is 0 Å². The summed E-state index contributed by atoms with van der Waals surface area (Å²) in [6.07, 6.45) is 1.42. The SMILES string of the molecule is CC(C)(C)OC(=O)C1C(=O)C2CCC(C2)N1C(=O)OC(C)(C)C. The molecule has 2 rings (SSSR count). The van der Waals surface area contributed by atoms with Crippen molar-refractivity contribution < 1.29 is 23.9 Å². The van der Waals surface area contributed by atoms with Gasteiger partial charge in [0.15, 0.2) is 11.8 Å². The fourth-order valence-electron chi connectivity index (χ4n) is 3.20.